The number of rotatable bonds is 5. The Bertz CT molecular complexity index is 235. The van der Waals surface area contributed by atoms with Gasteiger partial charge in [0.25, 0.3) is 0 Å². The van der Waals surface area contributed by atoms with Gasteiger partial charge in [-0.3, -0.25) is 0 Å². The van der Waals surface area contributed by atoms with Crippen LogP contribution < -0.4 is 0 Å². The molecule has 0 saturated heterocycles. The zero-order chi connectivity index (χ0) is 13.9. The monoisotopic (exact) mass is 290 g/mol. The van der Waals surface area contributed by atoms with Crippen LogP contribution in [0.25, 0.3) is 0 Å². The fourth-order valence-electron chi connectivity index (χ4n) is 1.03. The molecule has 0 radical (unpaired) electrons. The van der Waals surface area contributed by atoms with E-state index in [9.17, 15) is 35.1 Å². The first-order valence-corrected chi connectivity index (χ1v) is 6.43. The summed E-state index contributed by atoms with van der Waals surface area (Å²) in [4.78, 5) is 0. The van der Waals surface area contributed by atoms with Crippen molar-refractivity contribution in [3.05, 3.63) is 0 Å². The average Bonchev–Trinajstić information content (AvgIpc) is 1.96. The van der Waals surface area contributed by atoms with Gasteiger partial charge < -0.3 is 4.43 Å². The molecule has 0 aliphatic heterocycles. The Morgan fingerprint density at radius 2 is 1.41 bits per heavy atom. The average molecular weight is 290 g/mol. The van der Waals surface area contributed by atoms with Crippen LogP contribution in [0.5, 0.6) is 0 Å². The lowest BCUT2D eigenvalue weighted by atomic mass is 10.4. The highest BCUT2D eigenvalue weighted by atomic mass is 28.3. The molecular formula is C7H10F8OSi. The van der Waals surface area contributed by atoms with Gasteiger partial charge in [0.1, 0.15) is 6.42 Å². The molecule has 0 aromatic rings. The van der Waals surface area contributed by atoms with Gasteiger partial charge in [-0.1, -0.05) is 13.3 Å². The standard InChI is InChI=1S/C7H10F8OSi/c1-2-3-17(7(13,14)15)16-6(11,12)4-5(8,9)10/h17H,2-4H2,1H3. The Kier molecular flexibility index (Phi) is 5.38. The molecule has 0 heterocycles. The Morgan fingerprint density at radius 1 is 0.941 bits per heavy atom. The van der Waals surface area contributed by atoms with Crippen LogP contribution in [-0.2, 0) is 4.43 Å². The molecule has 0 aromatic carbocycles. The smallest absolute Gasteiger partial charge is 0.354 e. The van der Waals surface area contributed by atoms with E-state index in [0.717, 1.165) is 0 Å². The highest BCUT2D eigenvalue weighted by Gasteiger charge is 2.52. The normalized spacial score (nSPS) is 16.1. The van der Waals surface area contributed by atoms with Crippen LogP contribution >= 0.6 is 0 Å². The van der Waals surface area contributed by atoms with E-state index in [1.54, 1.807) is 0 Å². The molecule has 0 amide bonds. The molecule has 0 aliphatic carbocycles. The lowest BCUT2D eigenvalue weighted by Gasteiger charge is -2.25. The fourth-order valence-corrected chi connectivity index (χ4v) is 2.64. The number of hydrogen-bond acceptors (Lipinski definition) is 1. The lowest BCUT2D eigenvalue weighted by Crippen LogP contribution is -2.44. The van der Waals surface area contributed by atoms with Gasteiger partial charge in [0.15, 0.2) is 0 Å². The van der Waals surface area contributed by atoms with Gasteiger partial charge in [-0.15, -0.1) is 0 Å². The molecule has 104 valence electrons. The van der Waals surface area contributed by atoms with Gasteiger partial charge in [-0.2, -0.15) is 35.1 Å². The van der Waals surface area contributed by atoms with Crippen molar-refractivity contribution in [1.82, 2.24) is 0 Å². The minimum Gasteiger partial charge on any atom is -0.354 e. The van der Waals surface area contributed by atoms with Crippen LogP contribution in [0.4, 0.5) is 35.1 Å². The van der Waals surface area contributed by atoms with E-state index >= 15 is 0 Å². The first-order chi connectivity index (χ1) is 7.37. The molecule has 0 aromatic heterocycles. The topological polar surface area (TPSA) is 9.23 Å². The predicted octanol–water partition coefficient (Wildman–Crippen LogP) is 3.78. The van der Waals surface area contributed by atoms with Crippen LogP contribution in [-0.4, -0.2) is 27.1 Å². The summed E-state index contributed by atoms with van der Waals surface area (Å²) in [5.41, 5.74) is 0. The largest absolute Gasteiger partial charge is 0.397 e. The first kappa shape index (κ1) is 16.6. The SMILES string of the molecule is CCC[SiH](OC(F)(F)CC(F)(F)F)C(F)(F)F. The second-order valence-electron chi connectivity index (χ2n) is 3.37. The van der Waals surface area contributed by atoms with Gasteiger partial charge in [0.2, 0.25) is 0 Å². The Morgan fingerprint density at radius 3 is 1.71 bits per heavy atom. The van der Waals surface area contributed by atoms with E-state index in [0.29, 0.717) is 0 Å². The summed E-state index contributed by atoms with van der Waals surface area (Å²) in [6, 6.07) is -0.684. The van der Waals surface area contributed by atoms with Gasteiger partial charge in [0, 0.05) is 0 Å². The minimum absolute atomic E-state index is 0.0848. The van der Waals surface area contributed by atoms with Crippen molar-refractivity contribution < 1.29 is 39.5 Å². The van der Waals surface area contributed by atoms with Crippen LogP contribution in [0.3, 0.4) is 0 Å². The second kappa shape index (κ2) is 5.51. The van der Waals surface area contributed by atoms with Crippen molar-refractivity contribution in [2.24, 2.45) is 0 Å². The van der Waals surface area contributed by atoms with Crippen molar-refractivity contribution in [3.63, 3.8) is 0 Å². The van der Waals surface area contributed by atoms with Crippen molar-refractivity contribution in [3.8, 4) is 0 Å². The van der Waals surface area contributed by atoms with Crippen molar-refractivity contribution in [1.29, 1.82) is 0 Å². The number of alkyl halides is 8. The molecule has 0 saturated carbocycles. The molecule has 17 heavy (non-hydrogen) atoms. The predicted molar refractivity (Wildman–Crippen MR) is 45.0 cm³/mol. The first-order valence-electron chi connectivity index (χ1n) is 4.56. The van der Waals surface area contributed by atoms with Crippen LogP contribution in [0.1, 0.15) is 19.8 Å². The van der Waals surface area contributed by atoms with Crippen molar-refractivity contribution >= 4 is 9.04 Å². The summed E-state index contributed by atoms with van der Waals surface area (Å²) in [6.07, 6.45) is -12.9. The lowest BCUT2D eigenvalue weighted by molar-refractivity contribution is -0.263. The van der Waals surface area contributed by atoms with Crippen LogP contribution in [0.15, 0.2) is 0 Å². The summed E-state index contributed by atoms with van der Waals surface area (Å²) in [7, 11) is -4.39. The number of hydrogen-bond donors (Lipinski definition) is 0. The Labute approximate surface area is 93.5 Å². The molecule has 0 spiro atoms. The van der Waals surface area contributed by atoms with Gasteiger partial charge in [-0.05, 0) is 6.04 Å². The maximum absolute atomic E-state index is 12.6. The molecule has 0 rings (SSSR count). The van der Waals surface area contributed by atoms with E-state index in [2.05, 4.69) is 4.43 Å². The fraction of sp³-hybridized carbons (Fsp3) is 1.00. The van der Waals surface area contributed by atoms with E-state index in [-0.39, 0.29) is 6.42 Å². The third-order valence-corrected chi connectivity index (χ3v) is 4.10. The highest BCUT2D eigenvalue weighted by Crippen LogP contribution is 2.36. The van der Waals surface area contributed by atoms with Gasteiger partial charge in [-0.25, -0.2) is 0 Å². The molecular weight excluding hydrogens is 280 g/mol. The summed E-state index contributed by atoms with van der Waals surface area (Å²) in [5, 5.41) is 0. The summed E-state index contributed by atoms with van der Waals surface area (Å²) in [6.45, 7) is 1.30. The van der Waals surface area contributed by atoms with Crippen LogP contribution in [0.2, 0.25) is 6.04 Å². The van der Waals surface area contributed by atoms with E-state index in [4.69, 9.17) is 0 Å². The quantitative estimate of drug-likeness (QED) is 0.553. The zero-order valence-corrected chi connectivity index (χ0v) is 9.79. The third-order valence-electron chi connectivity index (χ3n) is 1.64. The minimum atomic E-state index is -5.28. The van der Waals surface area contributed by atoms with E-state index in [1.807, 2.05) is 0 Å². The molecule has 1 unspecified atom stereocenters. The Hall–Kier alpha value is -0.383. The Balaban J connectivity index is 4.64. The van der Waals surface area contributed by atoms with E-state index < -0.39 is 39.6 Å². The maximum Gasteiger partial charge on any atom is 0.397 e. The summed E-state index contributed by atoms with van der Waals surface area (Å²) >= 11 is 0. The van der Waals surface area contributed by atoms with Gasteiger partial charge in [0.05, 0.1) is 0 Å². The highest BCUT2D eigenvalue weighted by molar-refractivity contribution is 6.54. The molecule has 0 N–H and O–H groups in total. The summed E-state index contributed by atoms with van der Waals surface area (Å²) in [5.74, 6) is -4.98. The molecule has 0 bridgehead atoms. The molecule has 1 atom stereocenters. The molecule has 1 nitrogen and oxygen atoms in total. The molecule has 0 fully saturated rings. The summed E-state index contributed by atoms with van der Waals surface area (Å²) < 4.78 is 100. The van der Waals surface area contributed by atoms with Crippen molar-refractivity contribution in [2.75, 3.05) is 0 Å². The van der Waals surface area contributed by atoms with Crippen LogP contribution in [0, 0.1) is 0 Å². The molecule has 10 heteroatoms. The zero-order valence-electron chi connectivity index (χ0n) is 8.63. The second-order valence-corrected chi connectivity index (χ2v) is 5.81. The number of halogens is 8. The van der Waals surface area contributed by atoms with E-state index in [1.165, 1.54) is 6.92 Å². The van der Waals surface area contributed by atoms with Crippen molar-refractivity contribution in [2.45, 2.75) is 43.9 Å². The maximum atomic E-state index is 12.6. The third kappa shape index (κ3) is 7.52. The molecule has 0 aliphatic rings. The van der Waals surface area contributed by atoms with Gasteiger partial charge >= 0.3 is 27.1 Å².